The number of sulfonamides is 1. The molecular weight excluding hydrogens is 398 g/mol. The minimum Gasteiger partial charge on any atom is -0.368 e. The van der Waals surface area contributed by atoms with E-state index in [1.807, 2.05) is 24.3 Å². The summed E-state index contributed by atoms with van der Waals surface area (Å²) in [6, 6.07) is 13.6. The van der Waals surface area contributed by atoms with E-state index in [0.29, 0.717) is 36.8 Å². The minimum absolute atomic E-state index is 0.101. The maximum atomic E-state index is 12.9. The first-order chi connectivity index (χ1) is 13.3. The molecule has 0 bridgehead atoms. The lowest BCUT2D eigenvalue weighted by Crippen LogP contribution is -2.48. The fourth-order valence-corrected chi connectivity index (χ4v) is 4.68. The van der Waals surface area contributed by atoms with Crippen molar-refractivity contribution in [3.8, 4) is 0 Å². The fraction of sp³-hybridized carbons (Fsp3) is 0.350. The Hall–Kier alpha value is -2.09. The molecule has 8 heteroatoms. The summed E-state index contributed by atoms with van der Waals surface area (Å²) in [5.74, 6) is -0.160. The van der Waals surface area contributed by atoms with E-state index in [1.54, 1.807) is 30.9 Å². The number of hydrogen-bond donors (Lipinski definition) is 1. The summed E-state index contributed by atoms with van der Waals surface area (Å²) in [6.07, 6.45) is 0. The molecule has 0 radical (unpaired) electrons. The quantitative estimate of drug-likeness (QED) is 0.805. The van der Waals surface area contributed by atoms with Crippen molar-refractivity contribution in [2.45, 2.75) is 24.8 Å². The Kier molecular flexibility index (Phi) is 6.27. The van der Waals surface area contributed by atoms with E-state index in [9.17, 15) is 13.2 Å². The standard InChI is InChI=1S/C20H24ClN3O3S/c1-15(2)22-28(26,27)19-8-3-5-16(13-19)20(25)24-11-9-23(10-12-24)18-7-4-6-17(21)14-18/h3-8,13-15,22H,9-12H2,1-2H3. The number of benzene rings is 2. The zero-order valence-corrected chi connectivity index (χ0v) is 17.5. The number of anilines is 1. The number of rotatable bonds is 5. The number of nitrogens with zero attached hydrogens (tertiary/aromatic N) is 2. The van der Waals surface area contributed by atoms with Crippen LogP contribution in [0.5, 0.6) is 0 Å². The number of amides is 1. The van der Waals surface area contributed by atoms with Crippen LogP contribution in [0.3, 0.4) is 0 Å². The van der Waals surface area contributed by atoms with E-state index in [-0.39, 0.29) is 16.8 Å². The van der Waals surface area contributed by atoms with E-state index in [0.717, 1.165) is 5.69 Å². The molecule has 2 aromatic rings. The van der Waals surface area contributed by atoms with Crippen LogP contribution < -0.4 is 9.62 Å². The lowest BCUT2D eigenvalue weighted by molar-refractivity contribution is 0.0746. The van der Waals surface area contributed by atoms with Crippen molar-refractivity contribution in [1.29, 1.82) is 0 Å². The predicted octanol–water partition coefficient (Wildman–Crippen LogP) is 2.99. The van der Waals surface area contributed by atoms with Crippen LogP contribution in [0, 0.1) is 0 Å². The van der Waals surface area contributed by atoms with Crippen LogP contribution >= 0.6 is 11.6 Å². The molecule has 1 heterocycles. The van der Waals surface area contributed by atoms with Gasteiger partial charge in [0.1, 0.15) is 0 Å². The zero-order chi connectivity index (χ0) is 20.3. The Bertz CT molecular complexity index is 955. The van der Waals surface area contributed by atoms with Gasteiger partial charge in [-0.25, -0.2) is 13.1 Å². The maximum absolute atomic E-state index is 12.9. The molecule has 1 N–H and O–H groups in total. The highest BCUT2D eigenvalue weighted by atomic mass is 35.5. The summed E-state index contributed by atoms with van der Waals surface area (Å²) in [4.78, 5) is 16.9. The van der Waals surface area contributed by atoms with Gasteiger partial charge in [0.2, 0.25) is 10.0 Å². The molecule has 1 saturated heterocycles. The van der Waals surface area contributed by atoms with E-state index in [1.165, 1.54) is 12.1 Å². The molecule has 1 aliphatic rings. The van der Waals surface area contributed by atoms with Crippen LogP contribution in [-0.2, 0) is 10.0 Å². The first-order valence-electron chi connectivity index (χ1n) is 9.18. The monoisotopic (exact) mass is 421 g/mol. The molecular formula is C20H24ClN3O3S. The van der Waals surface area contributed by atoms with Gasteiger partial charge in [-0.2, -0.15) is 0 Å². The maximum Gasteiger partial charge on any atom is 0.254 e. The Balaban J connectivity index is 1.69. The SMILES string of the molecule is CC(C)NS(=O)(=O)c1cccc(C(=O)N2CCN(c3cccc(Cl)c3)CC2)c1. The number of carbonyl (C=O) groups is 1. The van der Waals surface area contributed by atoms with Crippen molar-refractivity contribution in [2.75, 3.05) is 31.1 Å². The van der Waals surface area contributed by atoms with Crippen LogP contribution in [0.15, 0.2) is 53.4 Å². The average Bonchev–Trinajstić information content (AvgIpc) is 2.67. The van der Waals surface area contributed by atoms with Crippen molar-refractivity contribution in [1.82, 2.24) is 9.62 Å². The Morgan fingerprint density at radius 1 is 1.04 bits per heavy atom. The second-order valence-corrected chi connectivity index (χ2v) is 9.21. The smallest absolute Gasteiger partial charge is 0.254 e. The van der Waals surface area contributed by atoms with Gasteiger partial charge in [0.25, 0.3) is 5.91 Å². The van der Waals surface area contributed by atoms with Gasteiger partial charge in [0.05, 0.1) is 4.90 Å². The number of piperazine rings is 1. The molecule has 28 heavy (non-hydrogen) atoms. The molecule has 0 unspecified atom stereocenters. The van der Waals surface area contributed by atoms with Gasteiger partial charge in [-0.1, -0.05) is 23.7 Å². The van der Waals surface area contributed by atoms with Gasteiger partial charge in [-0.15, -0.1) is 0 Å². The third kappa shape index (κ3) is 4.84. The van der Waals surface area contributed by atoms with Crippen molar-refractivity contribution in [3.05, 3.63) is 59.1 Å². The van der Waals surface area contributed by atoms with E-state index in [2.05, 4.69) is 9.62 Å². The molecule has 0 aromatic heterocycles. The summed E-state index contributed by atoms with van der Waals surface area (Å²) in [5.41, 5.74) is 1.41. The molecule has 150 valence electrons. The van der Waals surface area contributed by atoms with Crippen LogP contribution in [0.2, 0.25) is 5.02 Å². The van der Waals surface area contributed by atoms with Crippen molar-refractivity contribution in [2.24, 2.45) is 0 Å². The van der Waals surface area contributed by atoms with E-state index in [4.69, 9.17) is 11.6 Å². The Morgan fingerprint density at radius 2 is 1.71 bits per heavy atom. The Labute approximate surface area is 171 Å². The Morgan fingerprint density at radius 3 is 2.36 bits per heavy atom. The van der Waals surface area contributed by atoms with Crippen molar-refractivity contribution >= 4 is 33.2 Å². The van der Waals surface area contributed by atoms with Crippen molar-refractivity contribution in [3.63, 3.8) is 0 Å². The van der Waals surface area contributed by atoms with Crippen molar-refractivity contribution < 1.29 is 13.2 Å². The van der Waals surface area contributed by atoms with Crippen LogP contribution in [0.4, 0.5) is 5.69 Å². The summed E-state index contributed by atoms with van der Waals surface area (Å²) in [7, 11) is -3.64. The van der Waals surface area contributed by atoms with Crippen LogP contribution in [-0.4, -0.2) is 51.4 Å². The molecule has 0 spiro atoms. The molecule has 1 amide bonds. The first kappa shape index (κ1) is 20.6. The molecule has 0 aliphatic carbocycles. The molecule has 2 aromatic carbocycles. The number of nitrogens with one attached hydrogen (secondary N) is 1. The normalized spacial score (nSPS) is 15.1. The van der Waals surface area contributed by atoms with E-state index < -0.39 is 10.0 Å². The number of halogens is 1. The second-order valence-electron chi connectivity index (χ2n) is 7.06. The van der Waals surface area contributed by atoms with Crippen LogP contribution in [0.25, 0.3) is 0 Å². The van der Waals surface area contributed by atoms with E-state index >= 15 is 0 Å². The largest absolute Gasteiger partial charge is 0.368 e. The lowest BCUT2D eigenvalue weighted by atomic mass is 10.1. The first-order valence-corrected chi connectivity index (χ1v) is 11.0. The lowest BCUT2D eigenvalue weighted by Gasteiger charge is -2.36. The third-order valence-electron chi connectivity index (χ3n) is 4.52. The molecule has 1 fully saturated rings. The summed E-state index contributed by atoms with van der Waals surface area (Å²) in [6.45, 7) is 6.02. The van der Waals surface area contributed by atoms with Gasteiger partial charge in [0, 0.05) is 48.5 Å². The fourth-order valence-electron chi connectivity index (χ4n) is 3.20. The number of hydrogen-bond acceptors (Lipinski definition) is 4. The van der Waals surface area contributed by atoms with Gasteiger partial charge < -0.3 is 9.80 Å². The third-order valence-corrected chi connectivity index (χ3v) is 6.41. The summed E-state index contributed by atoms with van der Waals surface area (Å²) >= 11 is 6.06. The molecule has 3 rings (SSSR count). The molecule has 1 aliphatic heterocycles. The van der Waals surface area contributed by atoms with Gasteiger partial charge >= 0.3 is 0 Å². The molecule has 0 saturated carbocycles. The average molecular weight is 422 g/mol. The number of carbonyl (C=O) groups excluding carboxylic acids is 1. The molecule has 0 atom stereocenters. The van der Waals surface area contributed by atoms with Gasteiger partial charge in [0.15, 0.2) is 0 Å². The molecule has 6 nitrogen and oxygen atoms in total. The highest BCUT2D eigenvalue weighted by Gasteiger charge is 2.24. The van der Waals surface area contributed by atoms with Crippen LogP contribution in [0.1, 0.15) is 24.2 Å². The highest BCUT2D eigenvalue weighted by molar-refractivity contribution is 7.89. The highest BCUT2D eigenvalue weighted by Crippen LogP contribution is 2.21. The predicted molar refractivity (Wildman–Crippen MR) is 111 cm³/mol. The zero-order valence-electron chi connectivity index (χ0n) is 15.9. The summed E-state index contributed by atoms with van der Waals surface area (Å²) < 4.78 is 27.3. The topological polar surface area (TPSA) is 69.7 Å². The van der Waals surface area contributed by atoms with Gasteiger partial charge in [-0.05, 0) is 50.2 Å². The summed E-state index contributed by atoms with van der Waals surface area (Å²) in [5, 5.41) is 0.684. The second kappa shape index (κ2) is 8.51. The van der Waals surface area contributed by atoms with Gasteiger partial charge in [-0.3, -0.25) is 4.79 Å². The minimum atomic E-state index is -3.64.